The normalized spacial score (nSPS) is 16.4. The number of rotatable bonds is 6. The predicted molar refractivity (Wildman–Crippen MR) is 106 cm³/mol. The van der Waals surface area contributed by atoms with Crippen LogP contribution in [0.25, 0.3) is 0 Å². The number of benzene rings is 2. The van der Waals surface area contributed by atoms with Crippen LogP contribution in [0.2, 0.25) is 0 Å². The van der Waals surface area contributed by atoms with E-state index in [2.05, 4.69) is 5.32 Å². The number of ether oxygens (including phenoxy) is 2. The number of nitrogens with zero attached hydrogens (tertiary/aromatic N) is 1. The van der Waals surface area contributed by atoms with Crippen molar-refractivity contribution >= 4 is 23.3 Å². The number of carbonyl (C=O) groups excluding carboxylic acids is 1. The maximum Gasteiger partial charge on any atom is 0.337 e. The largest absolute Gasteiger partial charge is 0.478 e. The molecule has 0 bridgehead atoms. The highest BCUT2D eigenvalue weighted by atomic mass is 16.6. The second-order valence-corrected chi connectivity index (χ2v) is 6.81. The van der Waals surface area contributed by atoms with E-state index in [1.54, 1.807) is 24.3 Å². The fourth-order valence-corrected chi connectivity index (χ4v) is 3.07. The molecule has 3 rings (SSSR count). The second-order valence-electron chi connectivity index (χ2n) is 6.81. The van der Waals surface area contributed by atoms with Crippen LogP contribution in [-0.4, -0.2) is 56.5 Å². The van der Waals surface area contributed by atoms with Crippen molar-refractivity contribution in [1.82, 2.24) is 0 Å². The lowest BCUT2D eigenvalue weighted by Gasteiger charge is -2.29. The van der Waals surface area contributed by atoms with Gasteiger partial charge in [-0.1, -0.05) is 17.7 Å². The number of anilines is 2. The Hall–Kier alpha value is -2.90. The topological polar surface area (TPSA) is 88.1 Å². The van der Waals surface area contributed by atoms with Gasteiger partial charge in [-0.2, -0.15) is 0 Å². The molecule has 0 aliphatic carbocycles. The van der Waals surface area contributed by atoms with Gasteiger partial charge in [0.05, 0.1) is 37.2 Å². The van der Waals surface area contributed by atoms with E-state index in [1.165, 1.54) is 6.07 Å². The van der Waals surface area contributed by atoms with Gasteiger partial charge < -0.3 is 24.8 Å². The highest BCUT2D eigenvalue weighted by Gasteiger charge is 2.20. The number of carboxylic acids is 1. The first kappa shape index (κ1) is 19.9. The first-order chi connectivity index (χ1) is 13.4. The van der Waals surface area contributed by atoms with Crippen molar-refractivity contribution in [1.29, 1.82) is 0 Å². The molecule has 1 atom stereocenters. The molecule has 1 heterocycles. The molecule has 1 aliphatic rings. The molecule has 0 spiro atoms. The lowest BCUT2D eigenvalue weighted by Crippen LogP contribution is -2.38. The summed E-state index contributed by atoms with van der Waals surface area (Å²) in [7, 11) is 1.81. The number of nitrogens with one attached hydrogen (secondary N) is 1. The zero-order valence-corrected chi connectivity index (χ0v) is 16.0. The third-order valence-corrected chi connectivity index (χ3v) is 4.57. The first-order valence-corrected chi connectivity index (χ1v) is 9.10. The van der Waals surface area contributed by atoms with E-state index < -0.39 is 5.97 Å². The van der Waals surface area contributed by atoms with Crippen molar-refractivity contribution in [3.63, 3.8) is 0 Å². The molecule has 7 heteroatoms. The Labute approximate surface area is 163 Å². The minimum atomic E-state index is -1.06. The van der Waals surface area contributed by atoms with E-state index in [0.29, 0.717) is 43.3 Å². The molecule has 1 saturated heterocycles. The van der Waals surface area contributed by atoms with Crippen molar-refractivity contribution in [2.24, 2.45) is 0 Å². The van der Waals surface area contributed by atoms with Gasteiger partial charge in [0.25, 0.3) is 5.91 Å². The fourth-order valence-electron chi connectivity index (χ4n) is 3.07. The molecule has 7 nitrogen and oxygen atoms in total. The Morgan fingerprint density at radius 2 is 1.93 bits per heavy atom. The number of aryl methyl sites for hydroxylation is 1. The van der Waals surface area contributed by atoms with Crippen molar-refractivity contribution in [3.05, 3.63) is 59.2 Å². The third-order valence-electron chi connectivity index (χ3n) is 4.57. The molecule has 0 unspecified atom stereocenters. The quantitative estimate of drug-likeness (QED) is 0.796. The minimum absolute atomic E-state index is 0.110. The SMILES string of the molecule is Cc1ccc(C(=O)Nc2ccc(N(C)C[C@@H]3COCCO3)c(C(=O)O)c2)cc1. The van der Waals surface area contributed by atoms with E-state index in [9.17, 15) is 14.7 Å². The Bertz CT molecular complexity index is 844. The van der Waals surface area contributed by atoms with Crippen LogP contribution in [0.5, 0.6) is 0 Å². The fraction of sp³-hybridized carbons (Fsp3) is 0.333. The summed E-state index contributed by atoms with van der Waals surface area (Å²) in [6.07, 6.45) is -0.110. The van der Waals surface area contributed by atoms with Gasteiger partial charge >= 0.3 is 5.97 Å². The molecule has 2 aromatic rings. The van der Waals surface area contributed by atoms with Crippen LogP contribution in [0.3, 0.4) is 0 Å². The zero-order chi connectivity index (χ0) is 20.1. The maximum absolute atomic E-state index is 12.4. The smallest absolute Gasteiger partial charge is 0.337 e. The van der Waals surface area contributed by atoms with Crippen LogP contribution in [0.4, 0.5) is 11.4 Å². The molecule has 2 N–H and O–H groups in total. The predicted octanol–water partition coefficient (Wildman–Crippen LogP) is 2.80. The van der Waals surface area contributed by atoms with Crippen molar-refractivity contribution in [2.75, 3.05) is 43.6 Å². The summed E-state index contributed by atoms with van der Waals surface area (Å²) in [5.74, 6) is -1.35. The number of aromatic carboxylic acids is 1. The van der Waals surface area contributed by atoms with Crippen LogP contribution in [0.15, 0.2) is 42.5 Å². The number of amides is 1. The summed E-state index contributed by atoms with van der Waals surface area (Å²) < 4.78 is 11.0. The van der Waals surface area contributed by atoms with Gasteiger partial charge in [0.15, 0.2) is 0 Å². The van der Waals surface area contributed by atoms with Crippen LogP contribution in [0, 0.1) is 6.92 Å². The number of carboxylic acid groups (broad SMARTS) is 1. The van der Waals surface area contributed by atoms with E-state index in [-0.39, 0.29) is 17.6 Å². The van der Waals surface area contributed by atoms with Crippen LogP contribution in [0.1, 0.15) is 26.3 Å². The van der Waals surface area contributed by atoms with Gasteiger partial charge in [0.1, 0.15) is 0 Å². The molecule has 28 heavy (non-hydrogen) atoms. The van der Waals surface area contributed by atoms with E-state index in [1.807, 2.05) is 31.0 Å². The van der Waals surface area contributed by atoms with Crippen LogP contribution >= 0.6 is 0 Å². The molecule has 0 aromatic heterocycles. The Morgan fingerprint density at radius 3 is 2.57 bits per heavy atom. The van der Waals surface area contributed by atoms with Crippen molar-refractivity contribution < 1.29 is 24.2 Å². The number of hydrogen-bond donors (Lipinski definition) is 2. The molecule has 1 fully saturated rings. The average Bonchev–Trinajstić information content (AvgIpc) is 2.69. The van der Waals surface area contributed by atoms with Crippen LogP contribution in [-0.2, 0) is 9.47 Å². The summed E-state index contributed by atoms with van der Waals surface area (Å²) >= 11 is 0. The van der Waals surface area contributed by atoms with Gasteiger partial charge in [-0.05, 0) is 37.3 Å². The minimum Gasteiger partial charge on any atom is -0.478 e. The van der Waals surface area contributed by atoms with E-state index >= 15 is 0 Å². The Balaban J connectivity index is 1.75. The summed E-state index contributed by atoms with van der Waals surface area (Å²) in [6, 6.07) is 12.0. The monoisotopic (exact) mass is 384 g/mol. The molecule has 2 aromatic carbocycles. The Kier molecular flexibility index (Phi) is 6.28. The van der Waals surface area contributed by atoms with Crippen molar-refractivity contribution in [3.8, 4) is 0 Å². The maximum atomic E-state index is 12.4. The molecular formula is C21H24N2O5. The molecule has 1 amide bonds. The molecule has 0 saturated carbocycles. The zero-order valence-electron chi connectivity index (χ0n) is 16.0. The number of carbonyl (C=O) groups is 2. The lowest BCUT2D eigenvalue weighted by molar-refractivity contribution is -0.0837. The third kappa shape index (κ3) is 4.88. The van der Waals surface area contributed by atoms with Gasteiger partial charge in [-0.3, -0.25) is 4.79 Å². The Morgan fingerprint density at radius 1 is 1.18 bits per heavy atom. The number of likely N-dealkylation sites (N-methyl/N-ethyl adjacent to an activating group) is 1. The summed E-state index contributed by atoms with van der Waals surface area (Å²) in [5, 5.41) is 12.4. The molecule has 0 radical (unpaired) electrons. The van der Waals surface area contributed by atoms with Gasteiger partial charge in [-0.25, -0.2) is 4.79 Å². The van der Waals surface area contributed by atoms with E-state index in [4.69, 9.17) is 9.47 Å². The van der Waals surface area contributed by atoms with E-state index in [0.717, 1.165) is 5.56 Å². The molecular weight excluding hydrogens is 360 g/mol. The summed E-state index contributed by atoms with van der Waals surface area (Å²) in [6.45, 7) is 4.05. The molecule has 148 valence electrons. The lowest BCUT2D eigenvalue weighted by atomic mass is 10.1. The summed E-state index contributed by atoms with van der Waals surface area (Å²) in [4.78, 5) is 26.0. The number of hydrogen-bond acceptors (Lipinski definition) is 5. The van der Waals surface area contributed by atoms with Gasteiger partial charge in [0, 0.05) is 24.8 Å². The first-order valence-electron chi connectivity index (χ1n) is 9.10. The highest BCUT2D eigenvalue weighted by Crippen LogP contribution is 2.25. The summed E-state index contributed by atoms with van der Waals surface area (Å²) in [5.41, 5.74) is 2.66. The second kappa shape index (κ2) is 8.86. The standard InChI is InChI=1S/C21H24N2O5/c1-14-3-5-15(6-4-14)20(24)22-16-7-8-19(18(11-16)21(25)26)23(2)12-17-13-27-9-10-28-17/h3-8,11,17H,9-10,12-13H2,1-2H3,(H,22,24)(H,25,26)/t17-/m1/s1. The van der Waals surface area contributed by atoms with Gasteiger partial charge in [-0.15, -0.1) is 0 Å². The molecule has 1 aliphatic heterocycles. The highest BCUT2D eigenvalue weighted by molar-refractivity contribution is 6.05. The van der Waals surface area contributed by atoms with Crippen LogP contribution < -0.4 is 10.2 Å². The average molecular weight is 384 g/mol. The van der Waals surface area contributed by atoms with Gasteiger partial charge in [0.2, 0.25) is 0 Å². The van der Waals surface area contributed by atoms with Crippen molar-refractivity contribution in [2.45, 2.75) is 13.0 Å².